The second-order valence-electron chi connectivity index (χ2n) is 4.74. The first kappa shape index (κ1) is 14.5. The number of hydrogen-bond donors (Lipinski definition) is 0. The molecule has 4 nitrogen and oxygen atoms in total. The van der Waals surface area contributed by atoms with Crippen LogP contribution in [0.15, 0.2) is 27.2 Å². The Labute approximate surface area is 134 Å². The predicted molar refractivity (Wildman–Crippen MR) is 82.2 cm³/mol. The molecular weight excluding hydrogens is 361 g/mol. The first-order valence-electron chi connectivity index (χ1n) is 6.41. The molecule has 3 rings (SSSR count). The summed E-state index contributed by atoms with van der Waals surface area (Å²) >= 11 is 9.04. The highest BCUT2D eigenvalue weighted by molar-refractivity contribution is 9.10. The predicted octanol–water partition coefficient (Wildman–Crippen LogP) is 4.06. The van der Waals surface area contributed by atoms with Gasteiger partial charge in [0, 0.05) is 24.4 Å². The van der Waals surface area contributed by atoms with Gasteiger partial charge in [0.25, 0.3) is 0 Å². The van der Waals surface area contributed by atoms with E-state index in [-0.39, 0.29) is 5.82 Å². The van der Waals surface area contributed by atoms with Crippen LogP contribution in [0.5, 0.6) is 0 Å². The van der Waals surface area contributed by atoms with Gasteiger partial charge in [-0.15, -0.1) is 11.6 Å². The van der Waals surface area contributed by atoms with E-state index in [9.17, 15) is 4.39 Å². The van der Waals surface area contributed by atoms with Crippen LogP contribution in [0.4, 0.5) is 4.39 Å². The fraction of sp³-hybridized carbons (Fsp3) is 0.286. The molecule has 2 heterocycles. The maximum atomic E-state index is 13.7. The molecule has 0 aliphatic carbocycles. The van der Waals surface area contributed by atoms with Gasteiger partial charge in [-0.3, -0.25) is 0 Å². The second kappa shape index (κ2) is 5.77. The molecule has 3 aromatic rings. The highest BCUT2D eigenvalue weighted by Gasteiger charge is 2.15. The highest BCUT2D eigenvalue weighted by Crippen LogP contribution is 2.25. The monoisotopic (exact) mass is 371 g/mol. The molecule has 0 amide bonds. The first-order valence-corrected chi connectivity index (χ1v) is 7.73. The van der Waals surface area contributed by atoms with Gasteiger partial charge in [-0.1, -0.05) is 5.16 Å². The molecule has 0 fully saturated rings. The molecule has 1 aromatic carbocycles. The van der Waals surface area contributed by atoms with E-state index in [0.29, 0.717) is 28.8 Å². The molecule has 0 unspecified atom stereocenters. The lowest BCUT2D eigenvalue weighted by molar-refractivity contribution is 0.373. The minimum absolute atomic E-state index is 0.333. The SMILES string of the molecule is Cc1cc(Cn2c(CCCl)nc3cc(F)c(Br)cc32)on1. The van der Waals surface area contributed by atoms with Crippen LogP contribution in [0, 0.1) is 12.7 Å². The second-order valence-corrected chi connectivity index (χ2v) is 5.98. The average Bonchev–Trinajstić information content (AvgIpc) is 2.97. The van der Waals surface area contributed by atoms with E-state index in [1.54, 1.807) is 6.07 Å². The lowest BCUT2D eigenvalue weighted by atomic mass is 10.3. The Bertz CT molecular complexity index is 799. The van der Waals surface area contributed by atoms with Crippen LogP contribution in [-0.4, -0.2) is 20.6 Å². The number of imidazole rings is 1. The largest absolute Gasteiger partial charge is 0.359 e. The van der Waals surface area contributed by atoms with Crippen LogP contribution in [-0.2, 0) is 13.0 Å². The molecule has 0 N–H and O–H groups in total. The fourth-order valence-corrected chi connectivity index (χ4v) is 2.77. The Balaban J connectivity index is 2.12. The third-order valence-electron chi connectivity index (χ3n) is 3.18. The smallest absolute Gasteiger partial charge is 0.156 e. The zero-order chi connectivity index (χ0) is 15.0. The maximum Gasteiger partial charge on any atom is 0.156 e. The number of nitrogens with zero attached hydrogens (tertiary/aromatic N) is 3. The fourth-order valence-electron chi connectivity index (χ4n) is 2.27. The van der Waals surface area contributed by atoms with Crippen molar-refractivity contribution in [2.75, 3.05) is 5.88 Å². The van der Waals surface area contributed by atoms with E-state index in [0.717, 1.165) is 22.8 Å². The normalized spacial score (nSPS) is 11.4. The van der Waals surface area contributed by atoms with E-state index >= 15 is 0 Å². The Hall–Kier alpha value is -1.40. The summed E-state index contributed by atoms with van der Waals surface area (Å²) < 4.78 is 21.3. The lowest BCUT2D eigenvalue weighted by Crippen LogP contribution is -2.05. The number of aromatic nitrogens is 3. The van der Waals surface area contributed by atoms with Crippen LogP contribution in [0.1, 0.15) is 17.3 Å². The molecule has 0 aliphatic heterocycles. The van der Waals surface area contributed by atoms with Crippen molar-refractivity contribution < 1.29 is 8.91 Å². The molecule has 0 saturated heterocycles. The third-order valence-corrected chi connectivity index (χ3v) is 3.97. The van der Waals surface area contributed by atoms with Crippen LogP contribution < -0.4 is 0 Å². The maximum absolute atomic E-state index is 13.7. The summed E-state index contributed by atoms with van der Waals surface area (Å²) in [5, 5.41) is 3.88. The molecule has 7 heteroatoms. The Morgan fingerprint density at radius 2 is 2.19 bits per heavy atom. The van der Waals surface area contributed by atoms with Crippen LogP contribution in [0.2, 0.25) is 0 Å². The van der Waals surface area contributed by atoms with Crippen molar-refractivity contribution in [1.82, 2.24) is 14.7 Å². The van der Waals surface area contributed by atoms with Crippen molar-refractivity contribution in [2.24, 2.45) is 0 Å². The van der Waals surface area contributed by atoms with E-state index in [4.69, 9.17) is 16.1 Å². The molecule has 0 spiro atoms. The minimum atomic E-state index is -0.333. The molecule has 21 heavy (non-hydrogen) atoms. The summed E-state index contributed by atoms with van der Waals surface area (Å²) in [7, 11) is 0. The lowest BCUT2D eigenvalue weighted by Gasteiger charge is -2.06. The van der Waals surface area contributed by atoms with Crippen LogP contribution in [0.3, 0.4) is 0 Å². The van der Waals surface area contributed by atoms with E-state index in [2.05, 4.69) is 26.1 Å². The zero-order valence-electron chi connectivity index (χ0n) is 11.2. The molecule has 0 saturated carbocycles. The van der Waals surface area contributed by atoms with E-state index in [1.165, 1.54) is 6.07 Å². The number of alkyl halides is 1. The summed E-state index contributed by atoms with van der Waals surface area (Å²) in [6.45, 7) is 2.35. The highest BCUT2D eigenvalue weighted by atomic mass is 79.9. The Kier molecular flexibility index (Phi) is 3.99. The van der Waals surface area contributed by atoms with Crippen LogP contribution in [0.25, 0.3) is 11.0 Å². The van der Waals surface area contributed by atoms with Gasteiger partial charge in [-0.25, -0.2) is 9.37 Å². The minimum Gasteiger partial charge on any atom is -0.359 e. The summed E-state index contributed by atoms with van der Waals surface area (Å²) in [6, 6.07) is 5.01. The summed E-state index contributed by atoms with van der Waals surface area (Å²) in [5.41, 5.74) is 2.25. The molecule has 2 aromatic heterocycles. The number of rotatable bonds is 4. The number of aryl methyl sites for hydroxylation is 2. The van der Waals surface area contributed by atoms with Gasteiger partial charge in [-0.05, 0) is 28.9 Å². The van der Waals surface area contributed by atoms with E-state index < -0.39 is 0 Å². The van der Waals surface area contributed by atoms with E-state index in [1.807, 2.05) is 17.6 Å². The molecule has 110 valence electrons. The molecule has 0 aliphatic rings. The summed E-state index contributed by atoms with van der Waals surface area (Å²) in [4.78, 5) is 4.46. The van der Waals surface area contributed by atoms with Crippen molar-refractivity contribution in [2.45, 2.75) is 19.9 Å². The Morgan fingerprint density at radius 3 is 2.86 bits per heavy atom. The molecular formula is C14H12BrClFN3O. The van der Waals surface area contributed by atoms with Crippen molar-refractivity contribution in [3.63, 3.8) is 0 Å². The van der Waals surface area contributed by atoms with Gasteiger partial charge in [0.1, 0.15) is 11.6 Å². The van der Waals surface area contributed by atoms with Gasteiger partial charge in [0.05, 0.1) is 27.7 Å². The third kappa shape index (κ3) is 2.82. The van der Waals surface area contributed by atoms with Crippen molar-refractivity contribution in [3.05, 3.63) is 45.8 Å². The molecule has 0 radical (unpaired) electrons. The Morgan fingerprint density at radius 1 is 1.38 bits per heavy atom. The quantitative estimate of drug-likeness (QED) is 0.649. The summed E-state index contributed by atoms with van der Waals surface area (Å²) in [6.07, 6.45) is 0.600. The van der Waals surface area contributed by atoms with Crippen molar-refractivity contribution in [3.8, 4) is 0 Å². The molecule has 0 bridgehead atoms. The number of benzene rings is 1. The number of fused-ring (bicyclic) bond motifs is 1. The summed E-state index contributed by atoms with van der Waals surface area (Å²) in [5.74, 6) is 1.64. The topological polar surface area (TPSA) is 43.9 Å². The van der Waals surface area contributed by atoms with Crippen molar-refractivity contribution in [1.29, 1.82) is 0 Å². The first-order chi connectivity index (χ1) is 10.1. The zero-order valence-corrected chi connectivity index (χ0v) is 13.6. The standard InChI is InChI=1S/C14H12BrClFN3O/c1-8-4-9(21-19-8)7-20-13-5-10(15)11(17)6-12(13)18-14(20)2-3-16/h4-6H,2-3,7H2,1H3. The number of hydrogen-bond acceptors (Lipinski definition) is 3. The van der Waals surface area contributed by atoms with Gasteiger partial charge in [0.2, 0.25) is 0 Å². The molecule has 0 atom stereocenters. The number of halogens is 3. The van der Waals surface area contributed by atoms with Crippen molar-refractivity contribution >= 4 is 38.6 Å². The van der Waals surface area contributed by atoms with Gasteiger partial charge in [0.15, 0.2) is 5.76 Å². The van der Waals surface area contributed by atoms with Gasteiger partial charge in [-0.2, -0.15) is 0 Å². The van der Waals surface area contributed by atoms with Crippen LogP contribution >= 0.6 is 27.5 Å². The average molecular weight is 373 g/mol. The van der Waals surface area contributed by atoms with Gasteiger partial charge >= 0.3 is 0 Å². The van der Waals surface area contributed by atoms with Gasteiger partial charge < -0.3 is 9.09 Å².